The lowest BCUT2D eigenvalue weighted by molar-refractivity contribution is -0.0545. The Bertz CT molecular complexity index is 156. The first-order chi connectivity index (χ1) is 5.27. The molecule has 1 aliphatic carbocycles. The summed E-state index contributed by atoms with van der Waals surface area (Å²) in [6.07, 6.45) is 3.48. The molecule has 2 rings (SSSR count). The fourth-order valence-electron chi connectivity index (χ4n) is 1.93. The van der Waals surface area contributed by atoms with E-state index in [1.165, 1.54) is 12.8 Å². The second-order valence-corrected chi connectivity index (χ2v) is 3.81. The van der Waals surface area contributed by atoms with Gasteiger partial charge in [0.25, 0.3) is 0 Å². The Labute approximate surface area is 66.5 Å². The zero-order valence-electron chi connectivity index (χ0n) is 6.62. The summed E-state index contributed by atoms with van der Waals surface area (Å²) in [5.41, 5.74) is 6.24. The number of hydrogen-bond donors (Lipinski definition) is 2. The van der Waals surface area contributed by atoms with E-state index in [1.807, 2.05) is 0 Å². The summed E-state index contributed by atoms with van der Waals surface area (Å²) >= 11 is 0. The van der Waals surface area contributed by atoms with Gasteiger partial charge in [0.1, 0.15) is 0 Å². The minimum absolute atomic E-state index is 0.0531. The van der Waals surface area contributed by atoms with Crippen molar-refractivity contribution in [1.29, 1.82) is 0 Å². The molecule has 2 aliphatic rings. The highest BCUT2D eigenvalue weighted by atomic mass is 16.5. The van der Waals surface area contributed by atoms with Crippen LogP contribution in [-0.4, -0.2) is 30.5 Å². The summed E-state index contributed by atoms with van der Waals surface area (Å²) in [5.74, 6) is 0. The molecule has 0 radical (unpaired) electrons. The molecule has 3 nitrogen and oxygen atoms in total. The maximum atomic E-state index is 8.87. The summed E-state index contributed by atoms with van der Waals surface area (Å²) in [7, 11) is 0. The fourth-order valence-corrected chi connectivity index (χ4v) is 1.93. The lowest BCUT2D eigenvalue weighted by Gasteiger charge is -2.33. The van der Waals surface area contributed by atoms with E-state index in [0.717, 1.165) is 6.42 Å². The molecule has 2 fully saturated rings. The highest BCUT2D eigenvalue weighted by molar-refractivity contribution is 5.04. The number of nitrogens with two attached hydrogens (primary N) is 1. The van der Waals surface area contributed by atoms with Crippen LogP contribution in [0.1, 0.15) is 19.3 Å². The summed E-state index contributed by atoms with van der Waals surface area (Å²) in [5, 5.41) is 8.87. The molecule has 1 spiro atoms. The van der Waals surface area contributed by atoms with Crippen molar-refractivity contribution in [3.8, 4) is 0 Å². The van der Waals surface area contributed by atoms with Crippen molar-refractivity contribution >= 4 is 0 Å². The van der Waals surface area contributed by atoms with Crippen molar-refractivity contribution in [1.82, 2.24) is 0 Å². The van der Waals surface area contributed by atoms with Gasteiger partial charge < -0.3 is 15.6 Å². The summed E-state index contributed by atoms with van der Waals surface area (Å²) in [6.45, 7) is 0.777. The van der Waals surface area contributed by atoms with Crippen LogP contribution in [-0.2, 0) is 4.74 Å². The molecule has 0 bridgehead atoms. The minimum atomic E-state index is 0.0531. The van der Waals surface area contributed by atoms with Gasteiger partial charge in [-0.1, -0.05) is 0 Å². The van der Waals surface area contributed by atoms with Crippen LogP contribution in [0.3, 0.4) is 0 Å². The molecule has 1 heterocycles. The van der Waals surface area contributed by atoms with Crippen molar-refractivity contribution in [2.75, 3.05) is 13.2 Å². The summed E-state index contributed by atoms with van der Waals surface area (Å²) in [6, 6.07) is 0.213. The summed E-state index contributed by atoms with van der Waals surface area (Å²) < 4.78 is 5.34. The van der Waals surface area contributed by atoms with E-state index in [2.05, 4.69) is 0 Å². The Hall–Kier alpha value is -0.120. The van der Waals surface area contributed by atoms with E-state index >= 15 is 0 Å². The van der Waals surface area contributed by atoms with Gasteiger partial charge in [0.15, 0.2) is 0 Å². The molecular formula is C8H15NO2. The lowest BCUT2D eigenvalue weighted by atomic mass is 9.88. The first kappa shape index (κ1) is 7.53. The number of hydrogen-bond acceptors (Lipinski definition) is 3. The average molecular weight is 157 g/mol. The number of aliphatic hydroxyl groups excluding tert-OH is 1. The molecule has 1 aliphatic heterocycles. The maximum Gasteiger partial charge on any atom is 0.0812 e. The zero-order valence-corrected chi connectivity index (χ0v) is 6.62. The van der Waals surface area contributed by atoms with Gasteiger partial charge in [-0.3, -0.25) is 0 Å². The molecule has 1 saturated carbocycles. The van der Waals surface area contributed by atoms with Gasteiger partial charge in [-0.05, 0) is 24.7 Å². The third kappa shape index (κ3) is 1.17. The number of rotatable bonds is 1. The van der Waals surface area contributed by atoms with Gasteiger partial charge in [-0.25, -0.2) is 0 Å². The molecular weight excluding hydrogens is 142 g/mol. The van der Waals surface area contributed by atoms with Gasteiger partial charge in [-0.15, -0.1) is 0 Å². The van der Waals surface area contributed by atoms with Gasteiger partial charge in [0.05, 0.1) is 19.3 Å². The molecule has 11 heavy (non-hydrogen) atoms. The van der Waals surface area contributed by atoms with Crippen LogP contribution in [0, 0.1) is 5.41 Å². The van der Waals surface area contributed by atoms with E-state index in [4.69, 9.17) is 15.6 Å². The smallest absolute Gasteiger partial charge is 0.0812 e. The molecule has 3 heteroatoms. The van der Waals surface area contributed by atoms with Crippen LogP contribution in [0.5, 0.6) is 0 Å². The predicted octanol–water partition coefficient (Wildman–Crippen LogP) is -0.125. The van der Waals surface area contributed by atoms with E-state index in [1.54, 1.807) is 0 Å². The normalized spacial score (nSPS) is 40.9. The van der Waals surface area contributed by atoms with Crippen LogP contribution < -0.4 is 5.73 Å². The van der Waals surface area contributed by atoms with Crippen molar-refractivity contribution in [3.63, 3.8) is 0 Å². The maximum absolute atomic E-state index is 8.87. The van der Waals surface area contributed by atoms with Gasteiger partial charge in [0.2, 0.25) is 0 Å². The Morgan fingerprint density at radius 2 is 2.27 bits per heavy atom. The van der Waals surface area contributed by atoms with E-state index in [-0.39, 0.29) is 18.8 Å². The highest BCUT2D eigenvalue weighted by Crippen LogP contribution is 2.53. The Morgan fingerprint density at radius 1 is 1.55 bits per heavy atom. The number of aliphatic hydroxyl groups is 1. The van der Waals surface area contributed by atoms with Crippen molar-refractivity contribution in [2.24, 2.45) is 11.1 Å². The molecule has 1 saturated heterocycles. The van der Waals surface area contributed by atoms with E-state index in [0.29, 0.717) is 12.0 Å². The molecule has 0 aromatic carbocycles. The molecule has 3 N–H and O–H groups in total. The Balaban J connectivity index is 1.98. The van der Waals surface area contributed by atoms with Gasteiger partial charge in [0, 0.05) is 6.04 Å². The standard InChI is InChI=1S/C8H15NO2/c9-7-5-11-6(4-10)3-8(7)1-2-8/h6-7,10H,1-5,9H2/t6-,7-/m0/s1. The second-order valence-electron chi connectivity index (χ2n) is 3.81. The van der Waals surface area contributed by atoms with E-state index < -0.39 is 0 Å². The van der Waals surface area contributed by atoms with E-state index in [9.17, 15) is 0 Å². The Kier molecular flexibility index (Phi) is 1.67. The van der Waals surface area contributed by atoms with Gasteiger partial charge in [-0.2, -0.15) is 0 Å². The first-order valence-corrected chi connectivity index (χ1v) is 4.25. The second kappa shape index (κ2) is 2.44. The third-order valence-corrected chi connectivity index (χ3v) is 3.03. The quantitative estimate of drug-likeness (QED) is 0.557. The largest absolute Gasteiger partial charge is 0.394 e. The summed E-state index contributed by atoms with van der Waals surface area (Å²) in [4.78, 5) is 0. The lowest BCUT2D eigenvalue weighted by Crippen LogP contribution is -2.45. The zero-order chi connectivity index (χ0) is 7.90. The van der Waals surface area contributed by atoms with Gasteiger partial charge >= 0.3 is 0 Å². The highest BCUT2D eigenvalue weighted by Gasteiger charge is 2.51. The van der Waals surface area contributed by atoms with Crippen molar-refractivity contribution < 1.29 is 9.84 Å². The van der Waals surface area contributed by atoms with Crippen molar-refractivity contribution in [3.05, 3.63) is 0 Å². The molecule has 0 amide bonds. The van der Waals surface area contributed by atoms with Crippen LogP contribution in [0.2, 0.25) is 0 Å². The van der Waals surface area contributed by atoms with Crippen LogP contribution in [0.4, 0.5) is 0 Å². The number of ether oxygens (including phenoxy) is 1. The predicted molar refractivity (Wildman–Crippen MR) is 41.1 cm³/mol. The molecule has 0 aromatic rings. The molecule has 64 valence electrons. The first-order valence-electron chi connectivity index (χ1n) is 4.25. The molecule has 2 atom stereocenters. The van der Waals surface area contributed by atoms with Crippen LogP contribution in [0.15, 0.2) is 0 Å². The van der Waals surface area contributed by atoms with Crippen LogP contribution in [0.25, 0.3) is 0 Å². The minimum Gasteiger partial charge on any atom is -0.394 e. The third-order valence-electron chi connectivity index (χ3n) is 3.03. The monoisotopic (exact) mass is 157 g/mol. The topological polar surface area (TPSA) is 55.5 Å². The molecule has 0 aromatic heterocycles. The average Bonchev–Trinajstić information content (AvgIpc) is 2.77. The fraction of sp³-hybridized carbons (Fsp3) is 1.00. The molecule has 0 unspecified atom stereocenters. The Morgan fingerprint density at radius 3 is 2.82 bits per heavy atom. The SMILES string of the molecule is N[C@H]1CO[C@H](CO)CC12CC2. The van der Waals surface area contributed by atoms with Crippen LogP contribution >= 0.6 is 0 Å². The van der Waals surface area contributed by atoms with Crippen molar-refractivity contribution in [2.45, 2.75) is 31.4 Å².